The lowest BCUT2D eigenvalue weighted by Crippen LogP contribution is -2.29. The van der Waals surface area contributed by atoms with Crippen LogP contribution >= 0.6 is 0 Å². The van der Waals surface area contributed by atoms with Gasteiger partial charge in [0, 0.05) is 12.1 Å². The summed E-state index contributed by atoms with van der Waals surface area (Å²) in [6.45, 7) is 10.2. The van der Waals surface area contributed by atoms with Crippen LogP contribution in [-0.4, -0.2) is 93.5 Å². The zero-order valence-corrected chi connectivity index (χ0v) is 30.2. The van der Waals surface area contributed by atoms with E-state index in [4.69, 9.17) is 4.98 Å². The fourth-order valence-electron chi connectivity index (χ4n) is 5.27. The number of aldehydes is 1. The topological polar surface area (TPSA) is 157 Å². The number of rotatable bonds is 10. The number of nitrogens with one attached hydrogen (secondary N) is 3. The van der Waals surface area contributed by atoms with Crippen LogP contribution in [0.15, 0.2) is 54.7 Å². The molecule has 4 aromatic rings. The molecule has 1 saturated heterocycles. The van der Waals surface area contributed by atoms with Crippen molar-refractivity contribution in [2.24, 2.45) is 0 Å². The van der Waals surface area contributed by atoms with Gasteiger partial charge in [-0.2, -0.15) is 0 Å². The Morgan fingerprint density at radius 2 is 1.60 bits per heavy atom. The summed E-state index contributed by atoms with van der Waals surface area (Å²) in [7, 11) is 5.79. The molecule has 12 nitrogen and oxygen atoms in total. The first-order chi connectivity index (χ1) is 23.9. The molecule has 0 aliphatic carbocycles. The van der Waals surface area contributed by atoms with E-state index in [1.807, 2.05) is 78.3 Å². The fraction of sp³-hybridized carbons (Fsp3) is 0.395. The number of aromatic nitrogens is 4. The first-order valence-corrected chi connectivity index (χ1v) is 16.5. The van der Waals surface area contributed by atoms with Gasteiger partial charge in [0.15, 0.2) is 6.29 Å². The van der Waals surface area contributed by atoms with Crippen LogP contribution in [0.4, 0.5) is 4.79 Å². The van der Waals surface area contributed by atoms with Gasteiger partial charge >= 0.3 is 6.09 Å². The van der Waals surface area contributed by atoms with E-state index in [2.05, 4.69) is 61.8 Å². The Hall–Kier alpha value is -5.25. The summed E-state index contributed by atoms with van der Waals surface area (Å²) < 4.78 is 4.55. The van der Waals surface area contributed by atoms with Crippen LogP contribution < -0.4 is 5.32 Å². The van der Waals surface area contributed by atoms with Crippen molar-refractivity contribution in [1.82, 2.24) is 35.1 Å². The average Bonchev–Trinajstić information content (AvgIpc) is 3.86. The van der Waals surface area contributed by atoms with Gasteiger partial charge in [-0.05, 0) is 84.4 Å². The van der Waals surface area contributed by atoms with Crippen LogP contribution in [0.1, 0.15) is 75.1 Å². The number of nitrogens with zero attached hydrogens (tertiary/aromatic N) is 4. The van der Waals surface area contributed by atoms with Crippen molar-refractivity contribution in [2.75, 3.05) is 34.2 Å². The predicted molar refractivity (Wildman–Crippen MR) is 198 cm³/mol. The smallest absolute Gasteiger partial charge is 0.407 e. The van der Waals surface area contributed by atoms with Gasteiger partial charge < -0.3 is 25.1 Å². The molecule has 12 heteroatoms. The van der Waals surface area contributed by atoms with Crippen molar-refractivity contribution >= 4 is 18.9 Å². The lowest BCUT2D eigenvalue weighted by atomic mass is 10.0. The Balaban J connectivity index is 0.000000629. The molecule has 0 unspecified atom stereocenters. The fourth-order valence-corrected chi connectivity index (χ4v) is 5.27. The van der Waals surface area contributed by atoms with Crippen molar-refractivity contribution in [3.63, 3.8) is 0 Å². The minimum atomic E-state index is -0.907. The normalized spacial score (nSPS) is 13.6. The van der Waals surface area contributed by atoms with Gasteiger partial charge in [0.25, 0.3) is 6.47 Å². The number of carboxylic acid groups (broad SMARTS) is 1. The van der Waals surface area contributed by atoms with Crippen LogP contribution in [0.25, 0.3) is 33.6 Å². The van der Waals surface area contributed by atoms with Crippen molar-refractivity contribution in [1.29, 1.82) is 0 Å². The molecule has 1 aliphatic rings. The first-order valence-electron chi connectivity index (χ1n) is 16.5. The standard InChI is InChI=1S/C29H32N6O3.C5H10O2.C2H7N.C2H2/c1-3-14-34(2)17-26-31-24(18-36)27(33-26)22-12-8-20(9-13-22)19-6-10-21(11-7-19)23-16-30-28(32-23)25-5-4-15-35(25)29(37)38;1-5(2,3)7-4-6;1-3-2;1-2/h6-13,16,18,25H,3-5,14-15,17H2,1-2H3,(H,30,32)(H,31,33)(H,37,38);4H,1-3H3;3H,1-2H3;1-2H/t25-;;;/m0.../s1. The van der Waals surface area contributed by atoms with Gasteiger partial charge in [0.1, 0.15) is 22.9 Å². The molecule has 3 heterocycles. The summed E-state index contributed by atoms with van der Waals surface area (Å²) in [4.78, 5) is 52.0. The molecule has 0 saturated carbocycles. The van der Waals surface area contributed by atoms with E-state index in [9.17, 15) is 19.5 Å². The third-order valence-corrected chi connectivity index (χ3v) is 7.42. The third kappa shape index (κ3) is 12.0. The molecule has 268 valence electrons. The second kappa shape index (κ2) is 20.3. The van der Waals surface area contributed by atoms with Crippen LogP contribution in [0.5, 0.6) is 0 Å². The molecular formula is C38H51N7O5. The first kappa shape index (κ1) is 40.9. The maximum absolute atomic E-state index is 11.7. The molecule has 50 heavy (non-hydrogen) atoms. The van der Waals surface area contributed by atoms with Crippen LogP contribution in [0.3, 0.4) is 0 Å². The van der Waals surface area contributed by atoms with Gasteiger partial charge in [-0.1, -0.05) is 55.5 Å². The van der Waals surface area contributed by atoms with Gasteiger partial charge in [-0.15, -0.1) is 12.8 Å². The number of carbonyl (C=O) groups excluding carboxylic acids is 2. The second-order valence-electron chi connectivity index (χ2n) is 12.6. The highest BCUT2D eigenvalue weighted by atomic mass is 16.5. The Kier molecular flexibility index (Phi) is 16.6. The molecule has 0 bridgehead atoms. The van der Waals surface area contributed by atoms with E-state index >= 15 is 0 Å². The predicted octanol–water partition coefficient (Wildman–Crippen LogP) is 6.65. The van der Waals surface area contributed by atoms with Crippen LogP contribution in [0, 0.1) is 12.8 Å². The van der Waals surface area contributed by atoms with Crippen molar-refractivity contribution in [3.8, 4) is 46.5 Å². The number of carbonyl (C=O) groups is 3. The lowest BCUT2D eigenvalue weighted by molar-refractivity contribution is -0.138. The number of benzene rings is 2. The number of ether oxygens (including phenoxy) is 1. The number of hydrogen-bond acceptors (Lipinski definition) is 8. The average molecular weight is 686 g/mol. The molecule has 1 fully saturated rings. The van der Waals surface area contributed by atoms with E-state index in [0.29, 0.717) is 36.8 Å². The molecule has 1 amide bonds. The number of aromatic amines is 2. The SMILES string of the molecule is C#C.CC(C)(C)OC=O.CCCN(C)Cc1nc(-c2ccc(-c3ccc(-c4cnc([C@@H]5CCCN5C(=O)O)[nH]4)cc3)cc2)c(C=O)[nH]1.CNC. The summed E-state index contributed by atoms with van der Waals surface area (Å²) in [5.41, 5.74) is 5.69. The summed E-state index contributed by atoms with van der Waals surface area (Å²) in [5, 5.41) is 12.2. The quantitative estimate of drug-likeness (QED) is 0.106. The van der Waals surface area contributed by atoms with E-state index < -0.39 is 6.09 Å². The largest absolute Gasteiger partial charge is 0.465 e. The Labute approximate surface area is 295 Å². The lowest BCUT2D eigenvalue weighted by Gasteiger charge is -2.19. The molecule has 2 aromatic carbocycles. The summed E-state index contributed by atoms with van der Waals surface area (Å²) in [6, 6.07) is 16.0. The Bertz CT molecular complexity index is 1640. The van der Waals surface area contributed by atoms with Gasteiger partial charge in [0.2, 0.25) is 0 Å². The number of imidazole rings is 2. The molecule has 1 atom stereocenters. The van der Waals surface area contributed by atoms with E-state index in [1.165, 1.54) is 4.90 Å². The molecule has 2 aromatic heterocycles. The molecule has 5 rings (SSSR count). The summed E-state index contributed by atoms with van der Waals surface area (Å²) in [5.74, 6) is 1.47. The van der Waals surface area contributed by atoms with Crippen molar-refractivity contribution in [2.45, 2.75) is 65.1 Å². The number of H-pyrrole nitrogens is 2. The molecular weight excluding hydrogens is 634 g/mol. The van der Waals surface area contributed by atoms with Crippen LogP contribution in [0.2, 0.25) is 0 Å². The minimum absolute atomic E-state index is 0.221. The van der Waals surface area contributed by atoms with Gasteiger partial charge in [-0.3, -0.25) is 19.4 Å². The number of amides is 1. The van der Waals surface area contributed by atoms with Gasteiger partial charge in [-0.25, -0.2) is 14.8 Å². The molecule has 0 spiro atoms. The molecule has 4 N–H and O–H groups in total. The van der Waals surface area contributed by atoms with Crippen molar-refractivity contribution < 1.29 is 24.2 Å². The summed E-state index contributed by atoms with van der Waals surface area (Å²) >= 11 is 0. The van der Waals surface area contributed by atoms with E-state index in [1.54, 1.807) is 6.20 Å². The van der Waals surface area contributed by atoms with Gasteiger partial charge in [0.05, 0.1) is 30.2 Å². The maximum atomic E-state index is 11.7. The monoisotopic (exact) mass is 685 g/mol. The highest BCUT2D eigenvalue weighted by Crippen LogP contribution is 2.32. The van der Waals surface area contributed by atoms with Crippen LogP contribution in [-0.2, 0) is 16.1 Å². The minimum Gasteiger partial charge on any atom is -0.465 e. The summed E-state index contributed by atoms with van der Waals surface area (Å²) in [6.07, 6.45) is 12.4. The molecule has 1 aliphatic heterocycles. The Morgan fingerprint density at radius 1 is 1.04 bits per heavy atom. The number of terminal acetylenes is 1. The highest BCUT2D eigenvalue weighted by molar-refractivity contribution is 5.84. The third-order valence-electron chi connectivity index (χ3n) is 7.42. The zero-order valence-electron chi connectivity index (χ0n) is 30.2. The molecule has 0 radical (unpaired) electrons. The zero-order chi connectivity index (χ0) is 37.3. The van der Waals surface area contributed by atoms with E-state index in [-0.39, 0.29) is 11.6 Å². The number of hydrogen-bond donors (Lipinski definition) is 4. The highest BCUT2D eigenvalue weighted by Gasteiger charge is 2.31. The van der Waals surface area contributed by atoms with E-state index in [0.717, 1.165) is 65.9 Å². The number of likely N-dealkylation sites (tertiary alicyclic amines) is 1. The van der Waals surface area contributed by atoms with Crippen molar-refractivity contribution in [3.05, 3.63) is 72.1 Å². The maximum Gasteiger partial charge on any atom is 0.407 e. The Morgan fingerprint density at radius 3 is 2.08 bits per heavy atom. The second-order valence-corrected chi connectivity index (χ2v) is 12.6.